The normalized spacial score (nSPS) is 12.8. The van der Waals surface area contributed by atoms with Crippen molar-refractivity contribution in [1.82, 2.24) is 15.1 Å². The number of aromatic nitrogens is 2. The summed E-state index contributed by atoms with van der Waals surface area (Å²) < 4.78 is 15.2. The van der Waals surface area contributed by atoms with Gasteiger partial charge in [0.25, 0.3) is 0 Å². The van der Waals surface area contributed by atoms with Gasteiger partial charge in [0.2, 0.25) is 0 Å². The van der Waals surface area contributed by atoms with Crippen molar-refractivity contribution in [3.8, 4) is 0 Å². The van der Waals surface area contributed by atoms with Gasteiger partial charge >= 0.3 is 0 Å². The second-order valence-electron chi connectivity index (χ2n) is 5.95. The Balaban J connectivity index is 2.04. The molecule has 1 atom stereocenters. The molecular formula is C17H24FN3. The molecule has 0 spiro atoms. The number of hydrogen-bond donors (Lipinski definition) is 1. The molecule has 1 N–H and O–H groups in total. The quantitative estimate of drug-likeness (QED) is 0.849. The lowest BCUT2D eigenvalue weighted by Gasteiger charge is -2.18. The van der Waals surface area contributed by atoms with Gasteiger partial charge in [0.15, 0.2) is 0 Å². The minimum absolute atomic E-state index is 0.166. The van der Waals surface area contributed by atoms with Gasteiger partial charge in [0.05, 0.1) is 5.69 Å². The third kappa shape index (κ3) is 5.31. The van der Waals surface area contributed by atoms with Crippen molar-refractivity contribution in [3.63, 3.8) is 0 Å². The third-order valence-corrected chi connectivity index (χ3v) is 3.49. The van der Waals surface area contributed by atoms with Crippen LogP contribution < -0.4 is 5.32 Å². The highest BCUT2D eigenvalue weighted by atomic mass is 19.1. The molecule has 0 aliphatic carbocycles. The zero-order valence-electron chi connectivity index (χ0n) is 13.0. The highest BCUT2D eigenvalue weighted by Gasteiger charge is 2.13. The first kappa shape index (κ1) is 15.7. The van der Waals surface area contributed by atoms with Gasteiger partial charge in [-0.25, -0.2) is 4.39 Å². The van der Waals surface area contributed by atoms with E-state index in [-0.39, 0.29) is 5.82 Å². The predicted octanol–water partition coefficient (Wildman–Crippen LogP) is 2.96. The van der Waals surface area contributed by atoms with Crippen molar-refractivity contribution in [2.45, 2.75) is 32.7 Å². The van der Waals surface area contributed by atoms with Gasteiger partial charge in [-0.15, -0.1) is 0 Å². The molecule has 0 bridgehead atoms. The summed E-state index contributed by atoms with van der Waals surface area (Å²) in [5.74, 6) is 0.241. The molecule has 0 fully saturated rings. The minimum atomic E-state index is -0.166. The molecule has 0 aliphatic heterocycles. The molecule has 21 heavy (non-hydrogen) atoms. The van der Waals surface area contributed by atoms with Gasteiger partial charge in [0, 0.05) is 19.3 Å². The summed E-state index contributed by atoms with van der Waals surface area (Å²) in [6, 6.07) is 9.38. The van der Waals surface area contributed by atoms with E-state index in [1.165, 1.54) is 6.07 Å². The van der Waals surface area contributed by atoms with E-state index < -0.39 is 0 Å². The van der Waals surface area contributed by atoms with Gasteiger partial charge in [-0.2, -0.15) is 5.10 Å². The molecule has 0 saturated heterocycles. The Labute approximate surface area is 126 Å². The lowest BCUT2D eigenvalue weighted by atomic mass is 9.94. The Morgan fingerprint density at radius 1 is 1.24 bits per heavy atom. The minimum Gasteiger partial charge on any atom is -0.314 e. The molecule has 0 saturated carbocycles. The van der Waals surface area contributed by atoms with E-state index in [9.17, 15) is 4.39 Å². The summed E-state index contributed by atoms with van der Waals surface area (Å²) in [7, 11) is 1.93. The maximum Gasteiger partial charge on any atom is 0.123 e. The zero-order chi connectivity index (χ0) is 15.2. The Morgan fingerprint density at radius 2 is 2.05 bits per heavy atom. The van der Waals surface area contributed by atoms with Gasteiger partial charge in [0.1, 0.15) is 5.82 Å². The van der Waals surface area contributed by atoms with Gasteiger partial charge < -0.3 is 5.32 Å². The van der Waals surface area contributed by atoms with Crippen LogP contribution in [0.4, 0.5) is 4.39 Å². The smallest absolute Gasteiger partial charge is 0.123 e. The fraction of sp³-hybridized carbons (Fsp3) is 0.471. The molecule has 1 aromatic heterocycles. The summed E-state index contributed by atoms with van der Waals surface area (Å²) >= 11 is 0. The van der Waals surface area contributed by atoms with E-state index in [0.29, 0.717) is 12.0 Å². The van der Waals surface area contributed by atoms with Crippen molar-refractivity contribution in [2.75, 3.05) is 6.54 Å². The van der Waals surface area contributed by atoms with Crippen LogP contribution in [0.3, 0.4) is 0 Å². The standard InChI is InChI=1S/C17H24FN3/c1-13(2)19-12-15(11-17-7-8-21(3)20-17)9-14-5-4-6-16(18)10-14/h4-8,10,13,15,19H,9,11-12H2,1-3H3. The number of nitrogens with zero attached hydrogens (tertiary/aromatic N) is 2. The molecule has 2 aromatic rings. The van der Waals surface area contributed by atoms with Crippen LogP contribution in [0.1, 0.15) is 25.1 Å². The van der Waals surface area contributed by atoms with Crippen LogP contribution in [-0.2, 0) is 19.9 Å². The monoisotopic (exact) mass is 289 g/mol. The highest BCUT2D eigenvalue weighted by molar-refractivity contribution is 5.17. The molecule has 1 aromatic carbocycles. The van der Waals surface area contributed by atoms with Crippen LogP contribution in [-0.4, -0.2) is 22.4 Å². The maximum atomic E-state index is 13.3. The third-order valence-electron chi connectivity index (χ3n) is 3.49. The lowest BCUT2D eigenvalue weighted by Crippen LogP contribution is -2.31. The molecule has 1 heterocycles. The summed E-state index contributed by atoms with van der Waals surface area (Å²) in [6.45, 7) is 5.19. The van der Waals surface area contributed by atoms with Gasteiger partial charge in [-0.3, -0.25) is 4.68 Å². The average molecular weight is 289 g/mol. The Hall–Kier alpha value is -1.68. The van der Waals surface area contributed by atoms with Crippen LogP contribution in [0, 0.1) is 11.7 Å². The fourth-order valence-electron chi connectivity index (χ4n) is 2.48. The SMILES string of the molecule is CC(C)NCC(Cc1cccc(F)c1)Cc1ccn(C)n1. The van der Waals surface area contributed by atoms with Crippen molar-refractivity contribution in [1.29, 1.82) is 0 Å². The van der Waals surface area contributed by atoms with Gasteiger partial charge in [-0.05, 0) is 49.1 Å². The first-order valence-electron chi connectivity index (χ1n) is 7.49. The Bertz CT molecular complexity index is 563. The first-order chi connectivity index (χ1) is 10.0. The Morgan fingerprint density at radius 3 is 2.67 bits per heavy atom. The summed E-state index contributed by atoms with van der Waals surface area (Å²) in [6.07, 6.45) is 3.72. The molecule has 0 radical (unpaired) electrons. The van der Waals surface area contributed by atoms with Crippen molar-refractivity contribution in [3.05, 3.63) is 53.6 Å². The number of halogens is 1. The summed E-state index contributed by atoms with van der Waals surface area (Å²) in [5, 5.41) is 7.93. The molecule has 4 heteroatoms. The van der Waals surface area contributed by atoms with Crippen LogP contribution >= 0.6 is 0 Å². The van der Waals surface area contributed by atoms with E-state index in [2.05, 4.69) is 24.3 Å². The van der Waals surface area contributed by atoms with Crippen LogP contribution in [0.15, 0.2) is 36.5 Å². The second kappa shape index (κ2) is 7.36. The fourth-order valence-corrected chi connectivity index (χ4v) is 2.48. The van der Waals surface area contributed by atoms with E-state index in [1.807, 2.05) is 30.1 Å². The maximum absolute atomic E-state index is 13.3. The number of benzene rings is 1. The van der Waals surface area contributed by atoms with Crippen molar-refractivity contribution >= 4 is 0 Å². The highest BCUT2D eigenvalue weighted by Crippen LogP contribution is 2.14. The largest absolute Gasteiger partial charge is 0.314 e. The predicted molar refractivity (Wildman–Crippen MR) is 83.6 cm³/mol. The van der Waals surface area contributed by atoms with E-state index in [0.717, 1.165) is 30.6 Å². The number of aryl methyl sites for hydroxylation is 1. The molecule has 0 aliphatic rings. The number of rotatable bonds is 7. The van der Waals surface area contributed by atoms with Crippen molar-refractivity contribution in [2.24, 2.45) is 13.0 Å². The summed E-state index contributed by atoms with van der Waals surface area (Å²) in [5.41, 5.74) is 2.13. The van der Waals surface area contributed by atoms with E-state index in [4.69, 9.17) is 0 Å². The summed E-state index contributed by atoms with van der Waals surface area (Å²) in [4.78, 5) is 0. The number of hydrogen-bond acceptors (Lipinski definition) is 2. The average Bonchev–Trinajstić information content (AvgIpc) is 2.81. The molecule has 114 valence electrons. The zero-order valence-corrected chi connectivity index (χ0v) is 13.0. The molecule has 1 unspecified atom stereocenters. The molecule has 2 rings (SSSR count). The van der Waals surface area contributed by atoms with Crippen molar-refractivity contribution < 1.29 is 4.39 Å². The van der Waals surface area contributed by atoms with Crippen LogP contribution in [0.25, 0.3) is 0 Å². The molecular weight excluding hydrogens is 265 g/mol. The van der Waals surface area contributed by atoms with Crippen LogP contribution in [0.5, 0.6) is 0 Å². The Kier molecular flexibility index (Phi) is 5.51. The van der Waals surface area contributed by atoms with E-state index in [1.54, 1.807) is 12.1 Å². The first-order valence-corrected chi connectivity index (χ1v) is 7.49. The molecule has 0 amide bonds. The molecule has 3 nitrogen and oxygen atoms in total. The topological polar surface area (TPSA) is 29.9 Å². The van der Waals surface area contributed by atoms with Crippen LogP contribution in [0.2, 0.25) is 0 Å². The van der Waals surface area contributed by atoms with Gasteiger partial charge in [-0.1, -0.05) is 26.0 Å². The second-order valence-corrected chi connectivity index (χ2v) is 5.95. The number of nitrogens with one attached hydrogen (secondary N) is 1. The lowest BCUT2D eigenvalue weighted by molar-refractivity contribution is 0.439. The van der Waals surface area contributed by atoms with E-state index >= 15 is 0 Å².